The molecule has 0 heterocycles. The Balaban J connectivity index is 0.00000110. The summed E-state index contributed by atoms with van der Waals surface area (Å²) in [4.78, 5) is 0. The zero-order valence-corrected chi connectivity index (χ0v) is 26.7. The van der Waals surface area contributed by atoms with Gasteiger partial charge in [-0.2, -0.15) is 0 Å². The summed E-state index contributed by atoms with van der Waals surface area (Å²) in [5.41, 5.74) is 0. The van der Waals surface area contributed by atoms with Gasteiger partial charge in [-0.25, -0.2) is 22.0 Å². The molecule has 0 saturated carbocycles. The first-order valence-corrected chi connectivity index (χ1v) is 16.7. The van der Waals surface area contributed by atoms with Crippen LogP contribution in [0.5, 0.6) is 5.75 Å². The number of rotatable bonds is 24. The van der Waals surface area contributed by atoms with Crippen LogP contribution in [0.1, 0.15) is 156 Å². The van der Waals surface area contributed by atoms with E-state index < -0.39 is 34.8 Å². The number of halogens is 5. The largest absolute Gasteiger partial charge is 0.868 e. The van der Waals surface area contributed by atoms with Gasteiger partial charge in [-0.05, 0) is 57.1 Å². The predicted octanol–water partition coefficient (Wildman–Crippen LogP) is 11.1. The van der Waals surface area contributed by atoms with Crippen molar-refractivity contribution < 1.29 is 31.5 Å². The quantitative estimate of drug-likeness (QED) is 0.0384. The lowest BCUT2D eigenvalue weighted by Crippen LogP contribution is -2.50. The highest BCUT2D eigenvalue weighted by molar-refractivity contribution is 5.26. The van der Waals surface area contributed by atoms with Crippen molar-refractivity contribution in [3.63, 3.8) is 0 Å². The third-order valence-corrected chi connectivity index (χ3v) is 8.11. The average molecular weight is 594 g/mol. The summed E-state index contributed by atoms with van der Waals surface area (Å²) in [5, 5.41) is 10.2. The summed E-state index contributed by atoms with van der Waals surface area (Å²) in [6.45, 7) is 15.2. The molecule has 0 unspecified atom stereocenters. The molecule has 1 rings (SSSR count). The standard InChI is InChI=1S/C28H60N.C6HF5O/c1-5-9-13-17-21-25-29(26-22-18-14-10-6-2,27-23-19-15-11-7-3)28-24-20-16-12-8-4;7-1-2(8)4(10)6(12)5(11)3(1)9/h5-28H2,1-4H3;12H/q+1;/p-1. The first kappa shape index (κ1) is 39.6. The Bertz CT molecular complexity index is 607. The topological polar surface area (TPSA) is 23.1 Å². The van der Waals surface area contributed by atoms with E-state index in [9.17, 15) is 27.1 Å². The van der Waals surface area contributed by atoms with Gasteiger partial charge in [0.05, 0.1) is 26.2 Å². The molecule has 1 aromatic carbocycles. The van der Waals surface area contributed by atoms with Gasteiger partial charge in [0.25, 0.3) is 0 Å². The summed E-state index contributed by atoms with van der Waals surface area (Å²) in [5.74, 6) is -13.6. The Morgan fingerprint density at radius 1 is 0.366 bits per heavy atom. The Morgan fingerprint density at radius 2 is 0.585 bits per heavy atom. The van der Waals surface area contributed by atoms with Gasteiger partial charge in [0, 0.05) is 0 Å². The molecule has 0 aliphatic heterocycles. The lowest BCUT2D eigenvalue weighted by molar-refractivity contribution is -0.929. The maximum atomic E-state index is 12.1. The Labute approximate surface area is 248 Å². The van der Waals surface area contributed by atoms with Gasteiger partial charge in [-0.3, -0.25) is 0 Å². The second kappa shape index (κ2) is 25.2. The minimum atomic E-state index is -2.33. The fourth-order valence-electron chi connectivity index (χ4n) is 5.46. The average Bonchev–Trinajstić information content (AvgIpc) is 2.98. The number of unbranched alkanes of at least 4 members (excludes halogenated alkanes) is 16. The fraction of sp³-hybridized carbons (Fsp3) is 0.824. The Hall–Kier alpha value is -1.37. The molecule has 0 fully saturated rings. The maximum Gasteiger partial charge on any atom is 0.200 e. The van der Waals surface area contributed by atoms with E-state index in [4.69, 9.17) is 0 Å². The highest BCUT2D eigenvalue weighted by Crippen LogP contribution is 2.25. The summed E-state index contributed by atoms with van der Waals surface area (Å²) in [6, 6.07) is 0. The number of quaternary nitrogens is 1. The molecular formula is C34H60F5NO. The van der Waals surface area contributed by atoms with Gasteiger partial charge in [0.1, 0.15) is 0 Å². The second-order valence-corrected chi connectivity index (χ2v) is 11.8. The van der Waals surface area contributed by atoms with E-state index in [2.05, 4.69) is 27.7 Å². The van der Waals surface area contributed by atoms with Gasteiger partial charge < -0.3 is 9.59 Å². The van der Waals surface area contributed by atoms with E-state index in [-0.39, 0.29) is 0 Å². The smallest absolute Gasteiger partial charge is 0.200 e. The third kappa shape index (κ3) is 17.4. The number of benzene rings is 1. The molecule has 41 heavy (non-hydrogen) atoms. The monoisotopic (exact) mass is 593 g/mol. The molecule has 1 aromatic rings. The van der Waals surface area contributed by atoms with Gasteiger partial charge in [-0.1, -0.05) is 105 Å². The molecule has 242 valence electrons. The van der Waals surface area contributed by atoms with Crippen molar-refractivity contribution in [1.82, 2.24) is 0 Å². The molecular weight excluding hydrogens is 533 g/mol. The molecule has 0 amide bonds. The maximum absolute atomic E-state index is 12.1. The van der Waals surface area contributed by atoms with E-state index in [0.717, 1.165) is 0 Å². The minimum Gasteiger partial charge on any atom is -0.868 e. The molecule has 0 aromatic heterocycles. The predicted molar refractivity (Wildman–Crippen MR) is 160 cm³/mol. The molecule has 0 aliphatic carbocycles. The van der Waals surface area contributed by atoms with Crippen molar-refractivity contribution >= 4 is 0 Å². The van der Waals surface area contributed by atoms with E-state index in [0.29, 0.717) is 0 Å². The first-order valence-electron chi connectivity index (χ1n) is 16.7. The molecule has 0 aliphatic rings. The third-order valence-electron chi connectivity index (χ3n) is 8.11. The number of hydrogen-bond acceptors (Lipinski definition) is 1. The highest BCUT2D eigenvalue weighted by Gasteiger charge is 2.25. The van der Waals surface area contributed by atoms with E-state index in [1.807, 2.05) is 0 Å². The van der Waals surface area contributed by atoms with Crippen molar-refractivity contribution in [2.24, 2.45) is 0 Å². The van der Waals surface area contributed by atoms with Crippen LogP contribution in [0.2, 0.25) is 0 Å². The fourth-order valence-corrected chi connectivity index (χ4v) is 5.46. The summed E-state index contributed by atoms with van der Waals surface area (Å²) < 4.78 is 61.9. The summed E-state index contributed by atoms with van der Waals surface area (Å²) in [7, 11) is 0. The lowest BCUT2D eigenvalue weighted by Gasteiger charge is -2.39. The van der Waals surface area contributed by atoms with Crippen molar-refractivity contribution in [3.8, 4) is 5.75 Å². The van der Waals surface area contributed by atoms with E-state index in [1.54, 1.807) is 0 Å². The molecule has 0 N–H and O–H groups in total. The van der Waals surface area contributed by atoms with E-state index >= 15 is 0 Å². The molecule has 7 heteroatoms. The van der Waals surface area contributed by atoms with Crippen molar-refractivity contribution in [2.45, 2.75) is 156 Å². The summed E-state index contributed by atoms with van der Waals surface area (Å²) >= 11 is 0. The van der Waals surface area contributed by atoms with Gasteiger partial charge in [0.2, 0.25) is 0 Å². The lowest BCUT2D eigenvalue weighted by atomic mass is 10.1. The van der Waals surface area contributed by atoms with Crippen LogP contribution >= 0.6 is 0 Å². The van der Waals surface area contributed by atoms with Crippen molar-refractivity contribution in [1.29, 1.82) is 0 Å². The van der Waals surface area contributed by atoms with Crippen molar-refractivity contribution in [2.75, 3.05) is 26.2 Å². The van der Waals surface area contributed by atoms with Crippen LogP contribution in [-0.2, 0) is 0 Å². The molecule has 0 saturated heterocycles. The Morgan fingerprint density at radius 3 is 0.829 bits per heavy atom. The van der Waals surface area contributed by atoms with Crippen LogP contribution in [0, 0.1) is 29.1 Å². The van der Waals surface area contributed by atoms with Crippen molar-refractivity contribution in [3.05, 3.63) is 29.1 Å². The zero-order valence-electron chi connectivity index (χ0n) is 26.7. The zero-order chi connectivity index (χ0) is 30.9. The Kier molecular flexibility index (Phi) is 24.3. The minimum absolute atomic E-state index is 1.37. The van der Waals surface area contributed by atoms with Gasteiger partial charge in [0.15, 0.2) is 29.1 Å². The molecule has 0 atom stereocenters. The normalized spacial score (nSPS) is 11.5. The van der Waals surface area contributed by atoms with Gasteiger partial charge >= 0.3 is 0 Å². The second-order valence-electron chi connectivity index (χ2n) is 11.8. The van der Waals surface area contributed by atoms with Crippen LogP contribution in [-0.4, -0.2) is 30.7 Å². The number of nitrogens with zero attached hydrogens (tertiary/aromatic N) is 1. The van der Waals surface area contributed by atoms with Crippen LogP contribution in [0.3, 0.4) is 0 Å². The molecule has 0 bridgehead atoms. The highest BCUT2D eigenvalue weighted by atomic mass is 19.2. The molecule has 2 nitrogen and oxygen atoms in total. The SMILES string of the molecule is CCCCCCC[N+](CCCCCCC)(CCCCCCC)CCCCCCC.[O-]c1c(F)c(F)c(F)c(F)c1F. The first-order chi connectivity index (χ1) is 19.7. The molecule has 0 radical (unpaired) electrons. The van der Waals surface area contributed by atoms with Crippen LogP contribution in [0.15, 0.2) is 0 Å². The summed E-state index contributed by atoms with van der Waals surface area (Å²) in [6.07, 6.45) is 28.8. The van der Waals surface area contributed by atoms with E-state index in [1.165, 1.54) is 159 Å². The van der Waals surface area contributed by atoms with Crippen LogP contribution < -0.4 is 5.11 Å². The van der Waals surface area contributed by atoms with Crippen LogP contribution in [0.25, 0.3) is 0 Å². The molecule has 0 spiro atoms. The number of hydrogen-bond donors (Lipinski definition) is 0. The van der Waals surface area contributed by atoms with Crippen LogP contribution in [0.4, 0.5) is 22.0 Å². The van der Waals surface area contributed by atoms with Gasteiger partial charge in [-0.15, -0.1) is 0 Å².